The SMILES string of the molecule is CC1C=C2SC(C)C=C2S1. The van der Waals surface area contributed by atoms with Gasteiger partial charge < -0.3 is 0 Å². The second kappa shape index (κ2) is 2.35. The Bertz CT molecular complexity index is 191. The lowest BCUT2D eigenvalue weighted by Gasteiger charge is -1.95. The van der Waals surface area contributed by atoms with Gasteiger partial charge in [0.15, 0.2) is 0 Å². The molecule has 10 heavy (non-hydrogen) atoms. The fourth-order valence-electron chi connectivity index (χ4n) is 1.25. The summed E-state index contributed by atoms with van der Waals surface area (Å²) in [6.45, 7) is 4.50. The Morgan fingerprint density at radius 3 is 1.80 bits per heavy atom. The van der Waals surface area contributed by atoms with Gasteiger partial charge >= 0.3 is 0 Å². The molecule has 0 bridgehead atoms. The van der Waals surface area contributed by atoms with E-state index in [9.17, 15) is 0 Å². The molecule has 0 aliphatic carbocycles. The van der Waals surface area contributed by atoms with Crippen molar-refractivity contribution < 1.29 is 0 Å². The molecule has 0 radical (unpaired) electrons. The van der Waals surface area contributed by atoms with Crippen LogP contribution in [0.5, 0.6) is 0 Å². The zero-order valence-electron chi connectivity index (χ0n) is 6.13. The first kappa shape index (κ1) is 6.86. The second-order valence-corrected chi connectivity index (χ2v) is 5.55. The van der Waals surface area contributed by atoms with Gasteiger partial charge in [-0.25, -0.2) is 0 Å². The lowest BCUT2D eigenvalue weighted by molar-refractivity contribution is 1.25. The van der Waals surface area contributed by atoms with Crippen LogP contribution in [-0.2, 0) is 0 Å². The quantitative estimate of drug-likeness (QED) is 0.548. The Balaban J connectivity index is 2.26. The Kier molecular flexibility index (Phi) is 1.61. The molecule has 2 unspecified atom stereocenters. The van der Waals surface area contributed by atoms with Crippen molar-refractivity contribution >= 4 is 23.5 Å². The van der Waals surface area contributed by atoms with Crippen molar-refractivity contribution in [1.82, 2.24) is 0 Å². The minimum atomic E-state index is 0.709. The van der Waals surface area contributed by atoms with Crippen molar-refractivity contribution in [3.8, 4) is 0 Å². The minimum Gasteiger partial charge on any atom is -0.118 e. The number of hydrogen-bond acceptors (Lipinski definition) is 2. The lowest BCUT2D eigenvalue weighted by atomic mass is 10.3. The highest BCUT2D eigenvalue weighted by molar-refractivity contribution is 8.10. The summed E-state index contributed by atoms with van der Waals surface area (Å²) in [5.41, 5.74) is 0. The second-order valence-electron chi connectivity index (χ2n) is 2.71. The van der Waals surface area contributed by atoms with E-state index >= 15 is 0 Å². The van der Waals surface area contributed by atoms with Crippen molar-refractivity contribution in [2.24, 2.45) is 0 Å². The summed E-state index contributed by atoms with van der Waals surface area (Å²) < 4.78 is 0. The Hall–Kier alpha value is 0.180. The Morgan fingerprint density at radius 1 is 1.00 bits per heavy atom. The highest BCUT2D eigenvalue weighted by Gasteiger charge is 2.25. The number of thioether (sulfide) groups is 2. The molecule has 0 saturated heterocycles. The Morgan fingerprint density at radius 2 is 1.40 bits per heavy atom. The van der Waals surface area contributed by atoms with Gasteiger partial charge in [0.25, 0.3) is 0 Å². The topological polar surface area (TPSA) is 0 Å². The predicted octanol–water partition coefficient (Wildman–Crippen LogP) is 3.02. The number of fused-ring (bicyclic) bond motifs is 1. The fourth-order valence-corrected chi connectivity index (χ4v) is 3.86. The summed E-state index contributed by atoms with van der Waals surface area (Å²) in [5.74, 6) is 0. The van der Waals surface area contributed by atoms with Gasteiger partial charge in [-0.3, -0.25) is 0 Å². The third kappa shape index (κ3) is 1.04. The predicted molar refractivity (Wildman–Crippen MR) is 50.3 cm³/mol. The van der Waals surface area contributed by atoms with E-state index in [2.05, 4.69) is 26.0 Å². The minimum absolute atomic E-state index is 0.709. The van der Waals surface area contributed by atoms with Gasteiger partial charge in [-0.2, -0.15) is 0 Å². The van der Waals surface area contributed by atoms with E-state index in [1.807, 2.05) is 23.5 Å². The highest BCUT2D eigenvalue weighted by atomic mass is 32.2. The van der Waals surface area contributed by atoms with Gasteiger partial charge in [-0.15, -0.1) is 23.5 Å². The van der Waals surface area contributed by atoms with Crippen molar-refractivity contribution in [2.45, 2.75) is 24.3 Å². The van der Waals surface area contributed by atoms with Gasteiger partial charge in [0, 0.05) is 20.3 Å². The van der Waals surface area contributed by atoms with Crippen molar-refractivity contribution in [2.75, 3.05) is 0 Å². The molecule has 0 amide bonds. The standard InChI is InChI=1S/C8H10S2/c1-5-3-7-8(9-5)4-6(2)10-7/h3-6H,1-2H3. The maximum absolute atomic E-state index is 2.37. The van der Waals surface area contributed by atoms with Crippen molar-refractivity contribution in [3.05, 3.63) is 22.0 Å². The zero-order chi connectivity index (χ0) is 7.14. The van der Waals surface area contributed by atoms with E-state index in [1.165, 1.54) is 9.81 Å². The molecule has 54 valence electrons. The summed E-state index contributed by atoms with van der Waals surface area (Å²) in [6.07, 6.45) is 4.73. The summed E-state index contributed by atoms with van der Waals surface area (Å²) in [7, 11) is 0. The van der Waals surface area contributed by atoms with E-state index in [-0.39, 0.29) is 0 Å². The smallest absolute Gasteiger partial charge is 0.0260 e. The summed E-state index contributed by atoms with van der Waals surface area (Å²) in [6, 6.07) is 0. The van der Waals surface area contributed by atoms with Crippen LogP contribution in [0.1, 0.15) is 13.8 Å². The van der Waals surface area contributed by atoms with Crippen LogP contribution in [0.2, 0.25) is 0 Å². The lowest BCUT2D eigenvalue weighted by Crippen LogP contribution is -1.85. The van der Waals surface area contributed by atoms with Crippen LogP contribution >= 0.6 is 23.5 Å². The van der Waals surface area contributed by atoms with Crippen LogP contribution in [0.4, 0.5) is 0 Å². The molecule has 2 heterocycles. The molecule has 0 aromatic carbocycles. The van der Waals surface area contributed by atoms with Gasteiger partial charge in [0.1, 0.15) is 0 Å². The van der Waals surface area contributed by atoms with E-state index in [0.29, 0.717) is 10.5 Å². The van der Waals surface area contributed by atoms with Gasteiger partial charge in [0.2, 0.25) is 0 Å². The molecule has 2 aliphatic rings. The van der Waals surface area contributed by atoms with Crippen LogP contribution in [0.3, 0.4) is 0 Å². The van der Waals surface area contributed by atoms with Crippen molar-refractivity contribution in [1.29, 1.82) is 0 Å². The van der Waals surface area contributed by atoms with Gasteiger partial charge in [-0.1, -0.05) is 12.2 Å². The van der Waals surface area contributed by atoms with Crippen LogP contribution in [-0.4, -0.2) is 10.5 Å². The highest BCUT2D eigenvalue weighted by Crippen LogP contribution is 2.49. The van der Waals surface area contributed by atoms with E-state index in [4.69, 9.17) is 0 Å². The molecule has 0 fully saturated rings. The van der Waals surface area contributed by atoms with E-state index < -0.39 is 0 Å². The largest absolute Gasteiger partial charge is 0.118 e. The third-order valence-electron chi connectivity index (χ3n) is 1.64. The molecule has 0 saturated carbocycles. The van der Waals surface area contributed by atoms with Crippen LogP contribution < -0.4 is 0 Å². The molecule has 0 N–H and O–H groups in total. The molecular weight excluding hydrogens is 160 g/mol. The fraction of sp³-hybridized carbons (Fsp3) is 0.500. The van der Waals surface area contributed by atoms with Crippen molar-refractivity contribution in [3.63, 3.8) is 0 Å². The van der Waals surface area contributed by atoms with E-state index in [0.717, 1.165) is 0 Å². The third-order valence-corrected chi connectivity index (χ3v) is 4.01. The zero-order valence-corrected chi connectivity index (χ0v) is 7.76. The molecule has 0 aromatic heterocycles. The molecule has 2 heteroatoms. The van der Waals surface area contributed by atoms with Gasteiger partial charge in [-0.05, 0) is 13.8 Å². The molecule has 2 rings (SSSR count). The van der Waals surface area contributed by atoms with Crippen LogP contribution in [0.25, 0.3) is 0 Å². The number of hydrogen-bond donors (Lipinski definition) is 0. The number of rotatable bonds is 0. The first-order chi connectivity index (χ1) is 4.75. The average Bonchev–Trinajstić information content (AvgIpc) is 2.21. The molecule has 2 atom stereocenters. The van der Waals surface area contributed by atoms with Crippen LogP contribution in [0, 0.1) is 0 Å². The summed E-state index contributed by atoms with van der Waals surface area (Å²) in [5, 5.41) is 1.42. The normalized spacial score (nSPS) is 37.4. The van der Waals surface area contributed by atoms with E-state index in [1.54, 1.807) is 0 Å². The summed E-state index contributed by atoms with van der Waals surface area (Å²) in [4.78, 5) is 3.04. The first-order valence-electron chi connectivity index (χ1n) is 3.53. The first-order valence-corrected chi connectivity index (χ1v) is 5.29. The molecule has 0 spiro atoms. The maximum atomic E-state index is 2.37. The monoisotopic (exact) mass is 170 g/mol. The molecule has 0 nitrogen and oxygen atoms in total. The average molecular weight is 170 g/mol. The molecule has 2 aliphatic heterocycles. The summed E-state index contributed by atoms with van der Waals surface area (Å²) >= 11 is 3.98. The maximum Gasteiger partial charge on any atom is 0.0260 e. The Labute approximate surface area is 70.1 Å². The molecular formula is C8H10S2. The van der Waals surface area contributed by atoms with Crippen LogP contribution in [0.15, 0.2) is 22.0 Å². The van der Waals surface area contributed by atoms with Gasteiger partial charge in [0.05, 0.1) is 0 Å². The molecule has 0 aromatic rings.